The molecule has 0 atom stereocenters. The van der Waals surface area contributed by atoms with Crippen molar-refractivity contribution in [3.63, 3.8) is 0 Å². The lowest BCUT2D eigenvalue weighted by atomic mass is 10.0. The summed E-state index contributed by atoms with van der Waals surface area (Å²) in [4.78, 5) is 11.5. The maximum absolute atomic E-state index is 11.5. The number of carboxylic acid groups (broad SMARTS) is 1. The van der Waals surface area contributed by atoms with Gasteiger partial charge in [0, 0.05) is 3.57 Å². The van der Waals surface area contributed by atoms with E-state index in [0.717, 1.165) is 9.13 Å². The quantitative estimate of drug-likeness (QED) is 0.295. The molecule has 0 aliphatic carbocycles. The summed E-state index contributed by atoms with van der Waals surface area (Å²) in [5.41, 5.74) is 1.63. The first-order valence-electron chi connectivity index (χ1n) is 5.77. The van der Waals surface area contributed by atoms with Gasteiger partial charge in [-0.25, -0.2) is 4.79 Å². The average Bonchev–Trinajstić information content (AvgIpc) is 2.43. The molecule has 0 unspecified atom stereocenters. The Morgan fingerprint density at radius 2 is 1.52 bits per heavy atom. The Hall–Kier alpha value is -0.360. The summed E-state index contributed by atoms with van der Waals surface area (Å²) in [5, 5.41) is 19.2. The molecular formula is C15H9I3O3. The van der Waals surface area contributed by atoms with Gasteiger partial charge < -0.3 is 10.2 Å². The first-order chi connectivity index (χ1) is 9.88. The highest BCUT2D eigenvalue weighted by atomic mass is 127. The molecule has 0 aliphatic rings. The molecule has 0 amide bonds. The van der Waals surface area contributed by atoms with Crippen molar-refractivity contribution in [1.29, 1.82) is 0 Å². The van der Waals surface area contributed by atoms with Crippen LogP contribution in [0.2, 0.25) is 0 Å². The van der Waals surface area contributed by atoms with Crippen molar-refractivity contribution in [2.24, 2.45) is 0 Å². The Balaban J connectivity index is 2.52. The van der Waals surface area contributed by atoms with Crippen LogP contribution in [0.5, 0.6) is 5.75 Å². The average molecular weight is 618 g/mol. The Labute approximate surface area is 162 Å². The maximum Gasteiger partial charge on any atom is 0.336 e. The van der Waals surface area contributed by atoms with Gasteiger partial charge >= 0.3 is 5.97 Å². The van der Waals surface area contributed by atoms with E-state index in [-0.39, 0.29) is 11.3 Å². The predicted octanol–water partition coefficient (Wildman–Crippen LogP) is 4.83. The molecule has 0 fully saturated rings. The van der Waals surface area contributed by atoms with Crippen LogP contribution in [0.1, 0.15) is 11.1 Å². The number of phenols is 1. The Bertz CT molecular complexity index is 698. The second-order valence-corrected chi connectivity index (χ2v) is 7.77. The maximum atomic E-state index is 11.5. The van der Waals surface area contributed by atoms with Crippen LogP contribution >= 0.6 is 67.8 Å². The van der Waals surface area contributed by atoms with Crippen molar-refractivity contribution in [1.82, 2.24) is 0 Å². The summed E-state index contributed by atoms with van der Waals surface area (Å²) in [7, 11) is 0. The first-order valence-corrected chi connectivity index (χ1v) is 9.01. The summed E-state index contributed by atoms with van der Waals surface area (Å²) in [6.45, 7) is 0. The molecule has 108 valence electrons. The fourth-order valence-electron chi connectivity index (χ4n) is 1.73. The monoisotopic (exact) mass is 618 g/mol. The number of hydrogen-bond donors (Lipinski definition) is 2. The standard InChI is InChI=1S/C15H9I3O3/c16-10-3-1-9(2-4-10)11(15(20)21)5-8-6-12(17)14(19)13(18)7-8/h1-7,19H,(H,20,21)/b11-5+. The second kappa shape index (κ2) is 7.27. The highest BCUT2D eigenvalue weighted by molar-refractivity contribution is 14.1. The molecule has 6 heteroatoms. The number of rotatable bonds is 3. The van der Waals surface area contributed by atoms with E-state index < -0.39 is 5.97 Å². The van der Waals surface area contributed by atoms with Crippen LogP contribution in [-0.4, -0.2) is 16.2 Å². The van der Waals surface area contributed by atoms with E-state index in [4.69, 9.17) is 0 Å². The van der Waals surface area contributed by atoms with Crippen molar-refractivity contribution in [3.05, 3.63) is 58.2 Å². The van der Waals surface area contributed by atoms with Crippen LogP contribution in [0, 0.1) is 10.7 Å². The van der Waals surface area contributed by atoms with Crippen molar-refractivity contribution in [2.45, 2.75) is 0 Å². The zero-order chi connectivity index (χ0) is 15.6. The third-order valence-electron chi connectivity index (χ3n) is 2.74. The summed E-state index contributed by atoms with van der Waals surface area (Å²) in [6, 6.07) is 10.8. The van der Waals surface area contributed by atoms with E-state index in [1.165, 1.54) is 0 Å². The molecule has 0 radical (unpaired) electrons. The largest absolute Gasteiger partial charge is 0.506 e. The smallest absolute Gasteiger partial charge is 0.336 e. The molecular weight excluding hydrogens is 609 g/mol. The SMILES string of the molecule is O=C(O)/C(=C/c1cc(I)c(O)c(I)c1)c1ccc(I)cc1. The van der Waals surface area contributed by atoms with Crippen LogP contribution < -0.4 is 0 Å². The van der Waals surface area contributed by atoms with Gasteiger partial charge in [0.1, 0.15) is 5.75 Å². The summed E-state index contributed by atoms with van der Waals surface area (Å²) in [6.07, 6.45) is 1.62. The fourth-order valence-corrected chi connectivity index (χ4v) is 3.91. The van der Waals surface area contributed by atoms with Crippen LogP contribution in [0.4, 0.5) is 0 Å². The van der Waals surface area contributed by atoms with Crippen LogP contribution in [0.3, 0.4) is 0 Å². The molecule has 0 saturated carbocycles. The lowest BCUT2D eigenvalue weighted by molar-refractivity contribution is -0.130. The summed E-state index contributed by atoms with van der Waals surface area (Å²) >= 11 is 6.23. The highest BCUT2D eigenvalue weighted by Crippen LogP contribution is 2.29. The van der Waals surface area contributed by atoms with Gasteiger partial charge in [-0.1, -0.05) is 12.1 Å². The Morgan fingerprint density at radius 1 is 1.00 bits per heavy atom. The number of hydrogen-bond acceptors (Lipinski definition) is 2. The number of carbonyl (C=O) groups is 1. The van der Waals surface area contributed by atoms with Crippen molar-refractivity contribution in [3.8, 4) is 5.75 Å². The normalized spacial score (nSPS) is 11.5. The zero-order valence-electron chi connectivity index (χ0n) is 10.5. The second-order valence-electron chi connectivity index (χ2n) is 4.20. The van der Waals surface area contributed by atoms with Gasteiger partial charge in [0.2, 0.25) is 0 Å². The van der Waals surface area contributed by atoms with E-state index >= 15 is 0 Å². The van der Waals surface area contributed by atoms with Gasteiger partial charge in [0.25, 0.3) is 0 Å². The van der Waals surface area contributed by atoms with Gasteiger partial charge in [-0.15, -0.1) is 0 Å². The lowest BCUT2D eigenvalue weighted by Gasteiger charge is -2.06. The van der Waals surface area contributed by atoms with Gasteiger partial charge in [0.05, 0.1) is 12.7 Å². The molecule has 0 aliphatic heterocycles. The molecule has 0 heterocycles. The van der Waals surface area contributed by atoms with E-state index in [2.05, 4.69) is 22.6 Å². The Kier molecular flexibility index (Phi) is 5.88. The molecule has 0 saturated heterocycles. The lowest BCUT2D eigenvalue weighted by Crippen LogP contribution is -2.00. The van der Waals surface area contributed by atoms with E-state index in [1.54, 1.807) is 30.3 Å². The summed E-state index contributed by atoms with van der Waals surface area (Å²) in [5.74, 6) is -0.756. The minimum atomic E-state index is -0.978. The van der Waals surface area contributed by atoms with Crippen LogP contribution in [0.25, 0.3) is 11.6 Å². The Morgan fingerprint density at radius 3 is 2.00 bits per heavy atom. The molecule has 0 bridgehead atoms. The molecule has 0 aromatic heterocycles. The van der Waals surface area contributed by atoms with Crippen LogP contribution in [-0.2, 0) is 4.79 Å². The number of phenolic OH excluding ortho intramolecular Hbond substituents is 1. The van der Waals surface area contributed by atoms with Gasteiger partial charge in [-0.2, -0.15) is 0 Å². The third-order valence-corrected chi connectivity index (χ3v) is 5.10. The van der Waals surface area contributed by atoms with Crippen LogP contribution in [0.15, 0.2) is 36.4 Å². The number of aromatic hydroxyl groups is 1. The van der Waals surface area contributed by atoms with E-state index in [9.17, 15) is 15.0 Å². The number of carboxylic acids is 1. The minimum Gasteiger partial charge on any atom is -0.506 e. The molecule has 0 spiro atoms. The molecule has 2 N–H and O–H groups in total. The zero-order valence-corrected chi connectivity index (χ0v) is 17.0. The van der Waals surface area contributed by atoms with Gasteiger partial charge in [0.15, 0.2) is 0 Å². The van der Waals surface area contributed by atoms with Crippen molar-refractivity contribution >= 4 is 85.4 Å². The molecule has 2 aromatic carbocycles. The minimum absolute atomic E-state index is 0.222. The molecule has 21 heavy (non-hydrogen) atoms. The van der Waals surface area contributed by atoms with Crippen molar-refractivity contribution in [2.75, 3.05) is 0 Å². The van der Waals surface area contributed by atoms with Gasteiger partial charge in [-0.05, 0) is 109 Å². The van der Waals surface area contributed by atoms with Gasteiger partial charge in [-0.3, -0.25) is 0 Å². The molecule has 3 nitrogen and oxygen atoms in total. The fraction of sp³-hybridized carbons (Fsp3) is 0. The van der Waals surface area contributed by atoms with E-state index in [0.29, 0.717) is 12.7 Å². The molecule has 2 rings (SSSR count). The molecule has 2 aromatic rings. The van der Waals surface area contributed by atoms with E-state index in [1.807, 2.05) is 57.3 Å². The highest BCUT2D eigenvalue weighted by Gasteiger charge is 2.12. The predicted molar refractivity (Wildman–Crippen MR) is 108 cm³/mol. The third kappa shape index (κ3) is 4.31. The first kappa shape index (κ1) is 17.0. The number of halogens is 3. The number of aliphatic carboxylic acids is 1. The summed E-state index contributed by atoms with van der Waals surface area (Å²) < 4.78 is 2.44. The van der Waals surface area contributed by atoms with Crippen molar-refractivity contribution < 1.29 is 15.0 Å². The topological polar surface area (TPSA) is 57.5 Å². The number of benzene rings is 2.